The molecule has 118 valence electrons. The van der Waals surface area contributed by atoms with Gasteiger partial charge in [0.15, 0.2) is 0 Å². The summed E-state index contributed by atoms with van der Waals surface area (Å²) in [4.78, 5) is 2.14. The van der Waals surface area contributed by atoms with E-state index in [2.05, 4.69) is 9.64 Å². The summed E-state index contributed by atoms with van der Waals surface area (Å²) >= 11 is 0. The normalized spacial score (nSPS) is 20.5. The lowest BCUT2D eigenvalue weighted by Gasteiger charge is -2.38. The monoisotopic (exact) mass is 301 g/mol. The van der Waals surface area contributed by atoms with E-state index in [0.29, 0.717) is 18.7 Å². The number of halogens is 2. The average Bonchev–Trinajstić information content (AvgIpc) is 2.37. The first kappa shape index (κ1) is 16.1. The number of hydrogen-bond donors (Lipinski definition) is 1. The standard InChI is InChI=1S/C15H21F2NO3/c1-15(2)10-18(7-8-20-15)9-13(19)11-3-5-12(6-4-11)21-14(16)17/h3-6,13-14,19H,7-10H2,1-2H3. The third-order valence-electron chi connectivity index (χ3n) is 3.43. The molecule has 1 N–H and O–H groups in total. The summed E-state index contributed by atoms with van der Waals surface area (Å²) in [6.45, 7) is 3.84. The molecule has 6 heteroatoms. The van der Waals surface area contributed by atoms with Crippen molar-refractivity contribution in [3.8, 4) is 5.75 Å². The van der Waals surface area contributed by atoms with Crippen molar-refractivity contribution in [2.24, 2.45) is 0 Å². The molecule has 1 saturated heterocycles. The van der Waals surface area contributed by atoms with E-state index >= 15 is 0 Å². The molecule has 1 aromatic rings. The molecular weight excluding hydrogens is 280 g/mol. The molecule has 1 atom stereocenters. The molecule has 1 aliphatic rings. The van der Waals surface area contributed by atoms with E-state index in [9.17, 15) is 13.9 Å². The predicted molar refractivity (Wildman–Crippen MR) is 74.5 cm³/mol. The smallest absolute Gasteiger partial charge is 0.387 e. The van der Waals surface area contributed by atoms with Gasteiger partial charge in [0.25, 0.3) is 0 Å². The second-order valence-corrected chi connectivity index (χ2v) is 5.81. The third-order valence-corrected chi connectivity index (χ3v) is 3.43. The van der Waals surface area contributed by atoms with Gasteiger partial charge < -0.3 is 14.6 Å². The Morgan fingerprint density at radius 2 is 2.00 bits per heavy atom. The van der Waals surface area contributed by atoms with Gasteiger partial charge in [-0.3, -0.25) is 4.90 Å². The van der Waals surface area contributed by atoms with Crippen molar-refractivity contribution in [2.45, 2.75) is 32.2 Å². The van der Waals surface area contributed by atoms with E-state index in [4.69, 9.17) is 4.74 Å². The van der Waals surface area contributed by atoms with Crippen LogP contribution in [0.4, 0.5) is 8.78 Å². The lowest BCUT2D eigenvalue weighted by Crippen LogP contribution is -2.49. The quantitative estimate of drug-likeness (QED) is 0.907. The Kier molecular flexibility index (Phi) is 5.13. The number of β-amino-alcohol motifs (C(OH)–C–C–N with tert-alkyl or cyclic N) is 1. The number of ether oxygens (including phenoxy) is 2. The Bertz CT molecular complexity index is 451. The lowest BCUT2D eigenvalue weighted by atomic mass is 10.1. The van der Waals surface area contributed by atoms with Gasteiger partial charge in [-0.1, -0.05) is 12.1 Å². The molecule has 21 heavy (non-hydrogen) atoms. The Hall–Kier alpha value is -1.24. The highest BCUT2D eigenvalue weighted by Crippen LogP contribution is 2.22. The summed E-state index contributed by atoms with van der Waals surface area (Å²) in [7, 11) is 0. The van der Waals surface area contributed by atoms with Crippen molar-refractivity contribution in [1.82, 2.24) is 4.90 Å². The van der Waals surface area contributed by atoms with E-state index < -0.39 is 12.7 Å². The predicted octanol–water partition coefficient (Wildman–Crippen LogP) is 2.43. The van der Waals surface area contributed by atoms with Crippen LogP contribution in [-0.4, -0.2) is 48.5 Å². The van der Waals surface area contributed by atoms with Crippen LogP contribution >= 0.6 is 0 Å². The minimum Gasteiger partial charge on any atom is -0.435 e. The second kappa shape index (κ2) is 6.68. The fraction of sp³-hybridized carbons (Fsp3) is 0.600. The highest BCUT2D eigenvalue weighted by molar-refractivity contribution is 5.28. The Morgan fingerprint density at radius 1 is 1.33 bits per heavy atom. The van der Waals surface area contributed by atoms with Gasteiger partial charge in [0.05, 0.1) is 18.3 Å². The highest BCUT2D eigenvalue weighted by atomic mass is 19.3. The third kappa shape index (κ3) is 4.91. The Morgan fingerprint density at radius 3 is 2.57 bits per heavy atom. The van der Waals surface area contributed by atoms with Gasteiger partial charge in [-0.05, 0) is 31.5 Å². The maximum atomic E-state index is 12.1. The van der Waals surface area contributed by atoms with Gasteiger partial charge >= 0.3 is 6.61 Å². The van der Waals surface area contributed by atoms with Crippen LogP contribution < -0.4 is 4.74 Å². The highest BCUT2D eigenvalue weighted by Gasteiger charge is 2.28. The van der Waals surface area contributed by atoms with Gasteiger partial charge in [-0.2, -0.15) is 8.78 Å². The molecule has 2 rings (SSSR count). The maximum absolute atomic E-state index is 12.1. The van der Waals surface area contributed by atoms with Crippen molar-refractivity contribution in [2.75, 3.05) is 26.2 Å². The van der Waals surface area contributed by atoms with Crippen LogP contribution in [0, 0.1) is 0 Å². The van der Waals surface area contributed by atoms with Gasteiger partial charge in [0, 0.05) is 19.6 Å². The van der Waals surface area contributed by atoms with Gasteiger partial charge in [-0.15, -0.1) is 0 Å². The van der Waals surface area contributed by atoms with Crippen LogP contribution in [0.1, 0.15) is 25.5 Å². The minimum absolute atomic E-state index is 0.0912. The van der Waals surface area contributed by atoms with Crippen LogP contribution in [-0.2, 0) is 4.74 Å². The maximum Gasteiger partial charge on any atom is 0.387 e. The van der Waals surface area contributed by atoms with Crippen LogP contribution in [0.3, 0.4) is 0 Å². The topological polar surface area (TPSA) is 41.9 Å². The Labute approximate surface area is 123 Å². The van der Waals surface area contributed by atoms with Crippen molar-refractivity contribution in [1.29, 1.82) is 0 Å². The van der Waals surface area contributed by atoms with E-state index in [0.717, 1.165) is 13.1 Å². The summed E-state index contributed by atoms with van der Waals surface area (Å²) in [6.07, 6.45) is -0.667. The molecule has 1 aliphatic heterocycles. The molecule has 1 unspecified atom stereocenters. The van der Waals surface area contributed by atoms with Crippen molar-refractivity contribution < 1.29 is 23.4 Å². The summed E-state index contributed by atoms with van der Waals surface area (Å²) in [6, 6.07) is 6.09. The summed E-state index contributed by atoms with van der Waals surface area (Å²) in [5, 5.41) is 10.2. The minimum atomic E-state index is -2.84. The fourth-order valence-electron chi connectivity index (χ4n) is 2.49. The van der Waals surface area contributed by atoms with Gasteiger partial charge in [0.1, 0.15) is 5.75 Å². The first-order valence-electron chi connectivity index (χ1n) is 6.95. The van der Waals surface area contributed by atoms with Gasteiger partial charge in [0.2, 0.25) is 0 Å². The average molecular weight is 301 g/mol. The second-order valence-electron chi connectivity index (χ2n) is 5.81. The van der Waals surface area contributed by atoms with Crippen LogP contribution in [0.5, 0.6) is 5.75 Å². The molecule has 1 aromatic carbocycles. The van der Waals surface area contributed by atoms with Crippen LogP contribution in [0.25, 0.3) is 0 Å². The zero-order valence-corrected chi connectivity index (χ0v) is 12.3. The zero-order valence-electron chi connectivity index (χ0n) is 12.3. The molecule has 0 saturated carbocycles. The molecule has 0 amide bonds. The number of rotatable bonds is 5. The van der Waals surface area contributed by atoms with E-state index in [1.54, 1.807) is 12.1 Å². The molecular formula is C15H21F2NO3. The summed E-state index contributed by atoms with van der Waals surface area (Å²) in [5.74, 6) is 0.0912. The summed E-state index contributed by atoms with van der Waals surface area (Å²) < 4.78 is 34.1. The molecule has 1 heterocycles. The number of aliphatic hydroxyl groups excluding tert-OH is 1. The first-order valence-corrected chi connectivity index (χ1v) is 6.95. The van der Waals surface area contributed by atoms with Crippen molar-refractivity contribution >= 4 is 0 Å². The molecule has 0 radical (unpaired) electrons. The van der Waals surface area contributed by atoms with Gasteiger partial charge in [-0.25, -0.2) is 0 Å². The zero-order chi connectivity index (χ0) is 15.5. The molecule has 0 aromatic heterocycles. The van der Waals surface area contributed by atoms with Crippen molar-refractivity contribution in [3.05, 3.63) is 29.8 Å². The lowest BCUT2D eigenvalue weighted by molar-refractivity contribution is -0.0932. The molecule has 4 nitrogen and oxygen atoms in total. The van der Waals surface area contributed by atoms with E-state index in [1.807, 2.05) is 13.8 Å². The number of nitrogens with zero attached hydrogens (tertiary/aromatic N) is 1. The number of morpholine rings is 1. The SMILES string of the molecule is CC1(C)CN(CC(O)c2ccc(OC(F)F)cc2)CCO1. The first-order chi connectivity index (χ1) is 9.85. The van der Waals surface area contributed by atoms with Crippen molar-refractivity contribution in [3.63, 3.8) is 0 Å². The molecule has 0 aliphatic carbocycles. The van der Waals surface area contributed by atoms with Crippen LogP contribution in [0.15, 0.2) is 24.3 Å². The number of hydrogen-bond acceptors (Lipinski definition) is 4. The fourth-order valence-corrected chi connectivity index (χ4v) is 2.49. The molecule has 0 spiro atoms. The summed E-state index contributed by atoms with van der Waals surface area (Å²) in [5.41, 5.74) is 0.466. The Balaban J connectivity index is 1.92. The molecule has 1 fully saturated rings. The van der Waals surface area contributed by atoms with Crippen LogP contribution in [0.2, 0.25) is 0 Å². The molecule has 0 bridgehead atoms. The largest absolute Gasteiger partial charge is 0.435 e. The van der Waals surface area contributed by atoms with E-state index in [-0.39, 0.29) is 11.4 Å². The number of alkyl halides is 2. The number of aliphatic hydroxyl groups is 1. The van der Waals surface area contributed by atoms with E-state index in [1.165, 1.54) is 12.1 Å². The number of benzene rings is 1.